The fraction of sp³-hybridized carbons (Fsp3) is 0.333. The molecule has 0 saturated carbocycles. The van der Waals surface area contributed by atoms with Gasteiger partial charge in [-0.15, -0.1) is 11.3 Å². The summed E-state index contributed by atoms with van der Waals surface area (Å²) < 4.78 is 5.00. The second-order valence-electron chi connectivity index (χ2n) is 4.29. The van der Waals surface area contributed by atoms with Gasteiger partial charge in [-0.05, 0) is 6.07 Å². The number of β-amino-alcohol motifs (C(OH)–C–C–N with tert-alkyl or cyclic N) is 1. The molecule has 1 aliphatic heterocycles. The van der Waals surface area contributed by atoms with Crippen molar-refractivity contribution in [2.75, 3.05) is 13.1 Å². The molecule has 18 heavy (non-hydrogen) atoms. The summed E-state index contributed by atoms with van der Waals surface area (Å²) in [7, 11) is 0. The maximum atomic E-state index is 11.8. The quantitative estimate of drug-likeness (QED) is 0.903. The molecule has 5 nitrogen and oxygen atoms in total. The Morgan fingerprint density at radius 3 is 3.11 bits per heavy atom. The van der Waals surface area contributed by atoms with Crippen molar-refractivity contribution in [1.82, 2.24) is 9.88 Å². The molecule has 2 aromatic rings. The first-order chi connectivity index (χ1) is 8.72. The largest absolute Gasteiger partial charge is 0.472 e. The number of amides is 1. The smallest absolute Gasteiger partial charge is 0.228 e. The number of carbonyl (C=O) groups excluding carboxylic acids is 1. The number of carbonyl (C=O) groups is 1. The minimum atomic E-state index is -0.356. The maximum absolute atomic E-state index is 11.8. The van der Waals surface area contributed by atoms with E-state index in [0.717, 1.165) is 16.3 Å². The number of likely N-dealkylation sites (tertiary alicyclic amines) is 1. The minimum Gasteiger partial charge on any atom is -0.472 e. The third-order valence-corrected chi connectivity index (χ3v) is 3.81. The molecule has 1 N–H and O–H groups in total. The Bertz CT molecular complexity index is 543. The highest BCUT2D eigenvalue weighted by atomic mass is 32.1. The molecule has 1 amide bonds. The van der Waals surface area contributed by atoms with Gasteiger partial charge < -0.3 is 14.4 Å². The number of hydrogen-bond donors (Lipinski definition) is 1. The van der Waals surface area contributed by atoms with E-state index in [1.165, 1.54) is 11.3 Å². The van der Waals surface area contributed by atoms with Crippen LogP contribution in [-0.2, 0) is 11.2 Å². The standard InChI is InChI=1S/C12H12N2O3S/c15-10-4-14(5-10)11(16)3-9-7-18-12(13-9)8-1-2-17-6-8/h1-2,6-7,10,15H,3-5H2. The van der Waals surface area contributed by atoms with E-state index in [1.54, 1.807) is 17.4 Å². The highest BCUT2D eigenvalue weighted by Gasteiger charge is 2.28. The highest BCUT2D eigenvalue weighted by Crippen LogP contribution is 2.24. The number of aliphatic hydroxyl groups is 1. The van der Waals surface area contributed by atoms with Crippen LogP contribution in [0, 0.1) is 0 Å². The summed E-state index contributed by atoms with van der Waals surface area (Å²) >= 11 is 1.50. The van der Waals surface area contributed by atoms with E-state index in [2.05, 4.69) is 4.98 Å². The Morgan fingerprint density at radius 2 is 2.44 bits per heavy atom. The molecule has 6 heteroatoms. The van der Waals surface area contributed by atoms with Crippen molar-refractivity contribution in [3.8, 4) is 10.6 Å². The van der Waals surface area contributed by atoms with E-state index in [0.29, 0.717) is 19.5 Å². The molecule has 3 rings (SSSR count). The van der Waals surface area contributed by atoms with Crippen molar-refractivity contribution < 1.29 is 14.3 Å². The van der Waals surface area contributed by atoms with Crippen molar-refractivity contribution in [3.63, 3.8) is 0 Å². The summed E-state index contributed by atoms with van der Waals surface area (Å²) in [6.45, 7) is 0.884. The van der Waals surface area contributed by atoms with Crippen LogP contribution in [0.4, 0.5) is 0 Å². The van der Waals surface area contributed by atoms with E-state index in [4.69, 9.17) is 9.52 Å². The third-order valence-electron chi connectivity index (χ3n) is 2.87. The summed E-state index contributed by atoms with van der Waals surface area (Å²) in [5.41, 5.74) is 1.70. The molecular weight excluding hydrogens is 252 g/mol. The van der Waals surface area contributed by atoms with E-state index in [-0.39, 0.29) is 12.0 Å². The molecular formula is C12H12N2O3S. The van der Waals surface area contributed by atoms with E-state index in [1.807, 2.05) is 11.4 Å². The van der Waals surface area contributed by atoms with Crippen LogP contribution in [0.1, 0.15) is 5.69 Å². The molecule has 1 aliphatic rings. The lowest BCUT2D eigenvalue weighted by Crippen LogP contribution is -2.53. The average Bonchev–Trinajstić information content (AvgIpc) is 2.93. The monoisotopic (exact) mass is 264 g/mol. The molecule has 0 spiro atoms. The lowest BCUT2D eigenvalue weighted by molar-refractivity contribution is -0.140. The number of aliphatic hydroxyl groups excluding tert-OH is 1. The zero-order valence-corrected chi connectivity index (χ0v) is 10.4. The fourth-order valence-corrected chi connectivity index (χ4v) is 2.64. The molecule has 0 aromatic carbocycles. The number of thiazole rings is 1. The van der Waals surface area contributed by atoms with Crippen LogP contribution >= 0.6 is 11.3 Å². The first kappa shape index (κ1) is 11.4. The van der Waals surface area contributed by atoms with E-state index < -0.39 is 0 Å². The molecule has 94 valence electrons. The number of hydrogen-bond acceptors (Lipinski definition) is 5. The van der Waals surface area contributed by atoms with E-state index >= 15 is 0 Å². The van der Waals surface area contributed by atoms with Gasteiger partial charge in [-0.25, -0.2) is 4.98 Å². The predicted molar refractivity (Wildman–Crippen MR) is 66.1 cm³/mol. The summed E-state index contributed by atoms with van der Waals surface area (Å²) in [4.78, 5) is 17.8. The second-order valence-corrected chi connectivity index (χ2v) is 5.14. The third kappa shape index (κ3) is 2.16. The van der Waals surface area contributed by atoms with Crippen LogP contribution in [0.5, 0.6) is 0 Å². The van der Waals surface area contributed by atoms with Gasteiger partial charge in [0.25, 0.3) is 0 Å². The average molecular weight is 264 g/mol. The molecule has 0 unspecified atom stereocenters. The zero-order valence-electron chi connectivity index (χ0n) is 9.57. The fourth-order valence-electron chi connectivity index (χ4n) is 1.83. The number of nitrogens with zero attached hydrogens (tertiary/aromatic N) is 2. The number of aromatic nitrogens is 1. The van der Waals surface area contributed by atoms with Gasteiger partial charge in [-0.3, -0.25) is 4.79 Å². The van der Waals surface area contributed by atoms with Crippen molar-refractivity contribution in [3.05, 3.63) is 29.7 Å². The van der Waals surface area contributed by atoms with Crippen LogP contribution in [0.3, 0.4) is 0 Å². The van der Waals surface area contributed by atoms with Crippen molar-refractivity contribution >= 4 is 17.2 Å². The van der Waals surface area contributed by atoms with Crippen LogP contribution in [0.25, 0.3) is 10.6 Å². The SMILES string of the molecule is O=C(Cc1csc(-c2ccoc2)n1)N1CC(O)C1. The van der Waals surface area contributed by atoms with Gasteiger partial charge in [0.2, 0.25) is 5.91 Å². The Hall–Kier alpha value is -1.66. The molecule has 1 fully saturated rings. The van der Waals surface area contributed by atoms with Crippen molar-refractivity contribution in [2.45, 2.75) is 12.5 Å². The minimum absolute atomic E-state index is 0.0179. The summed E-state index contributed by atoms with van der Waals surface area (Å²) in [6, 6.07) is 1.84. The second kappa shape index (κ2) is 4.55. The summed E-state index contributed by atoms with van der Waals surface area (Å²) in [5, 5.41) is 11.9. The number of furan rings is 1. The molecule has 1 saturated heterocycles. The number of rotatable bonds is 3. The first-order valence-electron chi connectivity index (χ1n) is 5.65. The topological polar surface area (TPSA) is 66.6 Å². The van der Waals surface area contributed by atoms with Gasteiger partial charge in [0, 0.05) is 24.0 Å². The van der Waals surface area contributed by atoms with Gasteiger partial charge in [0.1, 0.15) is 11.3 Å². The Kier molecular flexibility index (Phi) is 2.89. The molecule has 2 aromatic heterocycles. The molecule has 0 aliphatic carbocycles. The molecule has 0 atom stereocenters. The van der Waals surface area contributed by atoms with E-state index in [9.17, 15) is 4.79 Å². The zero-order chi connectivity index (χ0) is 12.5. The first-order valence-corrected chi connectivity index (χ1v) is 6.53. The van der Waals surface area contributed by atoms with Crippen LogP contribution < -0.4 is 0 Å². The van der Waals surface area contributed by atoms with Gasteiger partial charge in [-0.2, -0.15) is 0 Å². The maximum Gasteiger partial charge on any atom is 0.228 e. The lowest BCUT2D eigenvalue weighted by Gasteiger charge is -2.35. The summed E-state index contributed by atoms with van der Waals surface area (Å²) in [6.07, 6.45) is 3.17. The molecule has 0 bridgehead atoms. The normalized spacial score (nSPS) is 15.7. The van der Waals surface area contributed by atoms with Gasteiger partial charge in [0.05, 0.1) is 24.5 Å². The van der Waals surface area contributed by atoms with Gasteiger partial charge in [-0.1, -0.05) is 0 Å². The predicted octanol–water partition coefficient (Wildman–Crippen LogP) is 1.15. The Labute approximate surface area is 108 Å². The lowest BCUT2D eigenvalue weighted by atomic mass is 10.1. The molecule has 3 heterocycles. The van der Waals surface area contributed by atoms with Crippen LogP contribution in [0.2, 0.25) is 0 Å². The van der Waals surface area contributed by atoms with Gasteiger partial charge in [0.15, 0.2) is 0 Å². The van der Waals surface area contributed by atoms with Crippen LogP contribution in [-0.4, -0.2) is 40.1 Å². The van der Waals surface area contributed by atoms with Crippen LogP contribution in [0.15, 0.2) is 28.4 Å². The summed E-state index contributed by atoms with van der Waals surface area (Å²) in [5.74, 6) is 0.0179. The Balaban J connectivity index is 1.65. The highest BCUT2D eigenvalue weighted by molar-refractivity contribution is 7.13. The van der Waals surface area contributed by atoms with Crippen molar-refractivity contribution in [2.24, 2.45) is 0 Å². The molecule has 0 radical (unpaired) electrons. The Morgan fingerprint density at radius 1 is 1.61 bits per heavy atom. The van der Waals surface area contributed by atoms with Gasteiger partial charge >= 0.3 is 0 Å². The van der Waals surface area contributed by atoms with Crippen molar-refractivity contribution in [1.29, 1.82) is 0 Å².